The molecule has 0 aliphatic heterocycles. The third-order valence-electron chi connectivity index (χ3n) is 2.22. The molecule has 1 aromatic carbocycles. The van der Waals surface area contributed by atoms with Gasteiger partial charge in [0.2, 0.25) is 0 Å². The third-order valence-corrected chi connectivity index (χ3v) is 2.42. The Balaban J connectivity index is 2.56. The van der Waals surface area contributed by atoms with Crippen LogP contribution in [0.3, 0.4) is 0 Å². The molecule has 0 fully saturated rings. The molecule has 0 aliphatic rings. The Morgan fingerprint density at radius 2 is 2.00 bits per heavy atom. The van der Waals surface area contributed by atoms with Crippen LogP contribution in [-0.2, 0) is 6.42 Å². The summed E-state index contributed by atoms with van der Waals surface area (Å²) in [6.07, 6.45) is 0.740. The standard InChI is InChI=1S/C12H10ClFN2/c1-2-8-7-11(13)16-12(15-8)9-5-3-4-6-10(9)14/h3-7H,2H2,1H3. The SMILES string of the molecule is CCc1cc(Cl)nc(-c2ccccc2F)n1. The maximum absolute atomic E-state index is 13.5. The Morgan fingerprint density at radius 3 is 2.69 bits per heavy atom. The van der Waals surface area contributed by atoms with Crippen LogP contribution in [0.5, 0.6) is 0 Å². The molecule has 0 spiro atoms. The Labute approximate surface area is 98.1 Å². The van der Waals surface area contributed by atoms with Gasteiger partial charge in [0, 0.05) is 5.69 Å². The number of aromatic nitrogens is 2. The molecule has 0 atom stereocenters. The lowest BCUT2D eigenvalue weighted by atomic mass is 10.2. The van der Waals surface area contributed by atoms with Crippen LogP contribution in [0, 0.1) is 5.82 Å². The van der Waals surface area contributed by atoms with E-state index in [0.717, 1.165) is 12.1 Å². The zero-order valence-corrected chi connectivity index (χ0v) is 9.50. The molecular weight excluding hydrogens is 227 g/mol. The van der Waals surface area contributed by atoms with E-state index in [1.165, 1.54) is 6.07 Å². The van der Waals surface area contributed by atoms with Crippen LogP contribution in [0.4, 0.5) is 4.39 Å². The summed E-state index contributed by atoms with van der Waals surface area (Å²) < 4.78 is 13.5. The second kappa shape index (κ2) is 4.58. The molecule has 2 rings (SSSR count). The molecule has 82 valence electrons. The van der Waals surface area contributed by atoms with Crippen LogP contribution < -0.4 is 0 Å². The molecule has 0 unspecified atom stereocenters. The predicted molar refractivity (Wildman–Crippen MR) is 61.8 cm³/mol. The highest BCUT2D eigenvalue weighted by Crippen LogP contribution is 2.21. The molecule has 0 radical (unpaired) electrons. The van der Waals surface area contributed by atoms with E-state index in [2.05, 4.69) is 9.97 Å². The summed E-state index contributed by atoms with van der Waals surface area (Å²) in [5.74, 6) is -0.00531. The Morgan fingerprint density at radius 1 is 1.25 bits per heavy atom. The molecular formula is C12H10ClFN2. The number of aryl methyl sites for hydroxylation is 1. The van der Waals surface area contributed by atoms with E-state index in [9.17, 15) is 4.39 Å². The molecule has 1 aromatic heterocycles. The Kier molecular flexibility index (Phi) is 3.15. The first-order chi connectivity index (χ1) is 7.70. The minimum absolute atomic E-state index is 0.336. The largest absolute Gasteiger partial charge is 0.233 e. The van der Waals surface area contributed by atoms with Crippen molar-refractivity contribution in [3.8, 4) is 11.4 Å². The number of hydrogen-bond donors (Lipinski definition) is 0. The first kappa shape index (κ1) is 11.0. The molecule has 1 heterocycles. The smallest absolute Gasteiger partial charge is 0.164 e. The van der Waals surface area contributed by atoms with Gasteiger partial charge in [-0.15, -0.1) is 0 Å². The van der Waals surface area contributed by atoms with Gasteiger partial charge in [-0.1, -0.05) is 30.7 Å². The van der Waals surface area contributed by atoms with Crippen molar-refractivity contribution in [2.24, 2.45) is 0 Å². The highest BCUT2D eigenvalue weighted by Gasteiger charge is 2.09. The monoisotopic (exact) mass is 236 g/mol. The molecule has 2 nitrogen and oxygen atoms in total. The molecule has 2 aromatic rings. The topological polar surface area (TPSA) is 25.8 Å². The minimum atomic E-state index is -0.341. The highest BCUT2D eigenvalue weighted by atomic mass is 35.5. The van der Waals surface area contributed by atoms with Crippen molar-refractivity contribution in [1.82, 2.24) is 9.97 Å². The first-order valence-electron chi connectivity index (χ1n) is 4.99. The van der Waals surface area contributed by atoms with E-state index in [1.54, 1.807) is 24.3 Å². The quantitative estimate of drug-likeness (QED) is 0.746. The Bertz CT molecular complexity index is 514. The number of benzene rings is 1. The number of hydrogen-bond acceptors (Lipinski definition) is 2. The second-order valence-electron chi connectivity index (χ2n) is 3.34. The van der Waals surface area contributed by atoms with E-state index in [1.807, 2.05) is 6.92 Å². The van der Waals surface area contributed by atoms with Gasteiger partial charge in [-0.05, 0) is 24.6 Å². The molecule has 0 N–H and O–H groups in total. The second-order valence-corrected chi connectivity index (χ2v) is 3.73. The lowest BCUT2D eigenvalue weighted by Gasteiger charge is -2.04. The van der Waals surface area contributed by atoms with Gasteiger partial charge in [0.1, 0.15) is 11.0 Å². The molecule has 0 aliphatic carbocycles. The summed E-state index contributed by atoms with van der Waals surface area (Å²) in [4.78, 5) is 8.27. The van der Waals surface area contributed by atoms with Crippen molar-refractivity contribution in [1.29, 1.82) is 0 Å². The van der Waals surface area contributed by atoms with Gasteiger partial charge in [0.15, 0.2) is 5.82 Å². The lowest BCUT2D eigenvalue weighted by Crippen LogP contribution is -1.96. The maximum atomic E-state index is 13.5. The summed E-state index contributed by atoms with van der Waals surface area (Å²) in [7, 11) is 0. The maximum Gasteiger partial charge on any atom is 0.164 e. The zero-order chi connectivity index (χ0) is 11.5. The van der Waals surface area contributed by atoms with Gasteiger partial charge < -0.3 is 0 Å². The van der Waals surface area contributed by atoms with Gasteiger partial charge >= 0.3 is 0 Å². The van der Waals surface area contributed by atoms with Gasteiger partial charge in [-0.25, -0.2) is 14.4 Å². The van der Waals surface area contributed by atoms with Crippen LogP contribution in [0.2, 0.25) is 5.15 Å². The fraction of sp³-hybridized carbons (Fsp3) is 0.167. The summed E-state index contributed by atoms with van der Waals surface area (Å²) in [5.41, 5.74) is 1.18. The zero-order valence-electron chi connectivity index (χ0n) is 8.74. The molecule has 4 heteroatoms. The van der Waals surface area contributed by atoms with Crippen LogP contribution in [-0.4, -0.2) is 9.97 Å². The van der Waals surface area contributed by atoms with E-state index in [-0.39, 0.29) is 5.82 Å². The normalized spacial score (nSPS) is 10.4. The van der Waals surface area contributed by atoms with Crippen molar-refractivity contribution < 1.29 is 4.39 Å². The van der Waals surface area contributed by atoms with Gasteiger partial charge in [-0.3, -0.25) is 0 Å². The molecule has 0 saturated carbocycles. The van der Waals surface area contributed by atoms with Crippen molar-refractivity contribution in [3.63, 3.8) is 0 Å². The summed E-state index contributed by atoms with van der Waals surface area (Å²) in [6.45, 7) is 1.96. The van der Waals surface area contributed by atoms with Gasteiger partial charge in [0.25, 0.3) is 0 Å². The number of nitrogens with zero attached hydrogens (tertiary/aromatic N) is 2. The minimum Gasteiger partial charge on any atom is -0.233 e. The van der Waals surface area contributed by atoms with Crippen LogP contribution in [0.1, 0.15) is 12.6 Å². The molecule has 16 heavy (non-hydrogen) atoms. The fourth-order valence-corrected chi connectivity index (χ4v) is 1.61. The van der Waals surface area contributed by atoms with Crippen molar-refractivity contribution in [2.45, 2.75) is 13.3 Å². The van der Waals surface area contributed by atoms with E-state index < -0.39 is 0 Å². The van der Waals surface area contributed by atoms with Crippen molar-refractivity contribution in [3.05, 3.63) is 47.0 Å². The Hall–Kier alpha value is -1.48. The van der Waals surface area contributed by atoms with Crippen LogP contribution in [0.15, 0.2) is 30.3 Å². The van der Waals surface area contributed by atoms with Gasteiger partial charge in [-0.2, -0.15) is 0 Å². The van der Waals surface area contributed by atoms with Crippen molar-refractivity contribution >= 4 is 11.6 Å². The number of rotatable bonds is 2. The first-order valence-corrected chi connectivity index (χ1v) is 5.37. The molecule has 0 amide bonds. The van der Waals surface area contributed by atoms with E-state index in [4.69, 9.17) is 11.6 Å². The highest BCUT2D eigenvalue weighted by molar-refractivity contribution is 6.29. The summed E-state index contributed by atoms with van der Waals surface area (Å²) >= 11 is 5.86. The predicted octanol–water partition coefficient (Wildman–Crippen LogP) is 3.50. The van der Waals surface area contributed by atoms with E-state index in [0.29, 0.717) is 16.5 Å². The number of halogens is 2. The molecule has 0 saturated heterocycles. The fourth-order valence-electron chi connectivity index (χ4n) is 1.41. The summed E-state index contributed by atoms with van der Waals surface area (Å²) in [5, 5.41) is 0.338. The van der Waals surface area contributed by atoms with Crippen LogP contribution >= 0.6 is 11.6 Å². The molecule has 0 bridgehead atoms. The average molecular weight is 237 g/mol. The van der Waals surface area contributed by atoms with E-state index >= 15 is 0 Å². The lowest BCUT2D eigenvalue weighted by molar-refractivity contribution is 0.630. The van der Waals surface area contributed by atoms with Crippen LogP contribution in [0.25, 0.3) is 11.4 Å². The van der Waals surface area contributed by atoms with Crippen molar-refractivity contribution in [2.75, 3.05) is 0 Å². The third kappa shape index (κ3) is 2.19. The average Bonchev–Trinajstić information content (AvgIpc) is 2.28. The van der Waals surface area contributed by atoms with Gasteiger partial charge in [0.05, 0.1) is 5.56 Å². The summed E-state index contributed by atoms with van der Waals surface area (Å²) in [6, 6.07) is 8.08.